The van der Waals surface area contributed by atoms with Crippen molar-refractivity contribution in [3.63, 3.8) is 0 Å². The van der Waals surface area contributed by atoms with Gasteiger partial charge >= 0.3 is 6.09 Å². The third-order valence-electron chi connectivity index (χ3n) is 5.13. The molecule has 172 valence electrons. The zero-order valence-electron chi connectivity index (χ0n) is 19.3. The summed E-state index contributed by atoms with van der Waals surface area (Å²) in [6.45, 7) is 6.64. The van der Waals surface area contributed by atoms with E-state index in [9.17, 15) is 4.79 Å². The molecule has 4 N–H and O–H groups in total. The highest BCUT2D eigenvalue weighted by Gasteiger charge is 2.23. The predicted octanol–water partition coefficient (Wildman–Crippen LogP) is 4.19. The normalized spacial score (nSPS) is 15.6. The molecule has 0 fully saturated rings. The van der Waals surface area contributed by atoms with E-state index in [4.69, 9.17) is 15.5 Å². The number of hydrogen-bond acceptors (Lipinski definition) is 8. The lowest BCUT2D eigenvalue weighted by molar-refractivity contribution is 0.0636. The van der Waals surface area contributed by atoms with Crippen LogP contribution in [0.15, 0.2) is 47.7 Å². The van der Waals surface area contributed by atoms with Crippen LogP contribution >= 0.6 is 0 Å². The van der Waals surface area contributed by atoms with Crippen molar-refractivity contribution in [2.24, 2.45) is 5.10 Å². The molecule has 33 heavy (non-hydrogen) atoms. The summed E-state index contributed by atoms with van der Waals surface area (Å²) in [4.78, 5) is 21.5. The largest absolute Gasteiger partial charge is 0.444 e. The van der Waals surface area contributed by atoms with Crippen LogP contribution in [0.5, 0.6) is 0 Å². The molecule has 0 saturated heterocycles. The highest BCUT2D eigenvalue weighted by Crippen LogP contribution is 2.31. The van der Waals surface area contributed by atoms with Gasteiger partial charge < -0.3 is 15.8 Å². The predicted molar refractivity (Wildman–Crippen MR) is 131 cm³/mol. The van der Waals surface area contributed by atoms with Crippen molar-refractivity contribution in [3.8, 4) is 0 Å². The number of amides is 1. The standard InChI is InChI=1S/C24H29N7O2/c1-24(2,3)33-23(32)30-20-11-19(17-13-28-31(4)14-17)29-22(21(20)25)27-12-15-7-8-18-16(10-15)6-5-9-26-18/h5-11,13,17H,12,14,25H2,1-4H3,(H2,27,29,30,32). The zero-order chi connectivity index (χ0) is 23.6. The minimum atomic E-state index is -0.623. The van der Waals surface area contributed by atoms with E-state index in [-0.39, 0.29) is 5.92 Å². The fourth-order valence-corrected chi connectivity index (χ4v) is 3.58. The molecule has 2 aromatic heterocycles. The molecule has 0 spiro atoms. The Hall–Kier alpha value is -3.88. The van der Waals surface area contributed by atoms with Crippen LogP contribution in [0.1, 0.15) is 37.9 Å². The molecular formula is C24H29N7O2. The fraction of sp³-hybridized carbons (Fsp3) is 0.333. The van der Waals surface area contributed by atoms with Gasteiger partial charge in [-0.2, -0.15) is 5.10 Å². The average Bonchev–Trinajstić information content (AvgIpc) is 3.19. The zero-order valence-corrected chi connectivity index (χ0v) is 19.3. The first-order valence-corrected chi connectivity index (χ1v) is 10.8. The molecule has 1 atom stereocenters. The molecule has 0 radical (unpaired) electrons. The lowest BCUT2D eigenvalue weighted by atomic mass is 10.1. The third kappa shape index (κ3) is 5.49. The number of carbonyl (C=O) groups is 1. The number of carbonyl (C=O) groups excluding carboxylic acids is 1. The summed E-state index contributed by atoms with van der Waals surface area (Å²) in [5, 5.41) is 13.3. The van der Waals surface area contributed by atoms with E-state index in [2.05, 4.69) is 26.8 Å². The molecule has 3 heterocycles. The maximum Gasteiger partial charge on any atom is 0.412 e. The monoisotopic (exact) mass is 447 g/mol. The van der Waals surface area contributed by atoms with Crippen LogP contribution in [0.4, 0.5) is 22.0 Å². The number of fused-ring (bicyclic) bond motifs is 1. The van der Waals surface area contributed by atoms with E-state index in [0.717, 1.165) is 22.2 Å². The summed E-state index contributed by atoms with van der Waals surface area (Å²) in [6, 6.07) is 11.8. The van der Waals surface area contributed by atoms with Crippen molar-refractivity contribution in [2.75, 3.05) is 30.0 Å². The summed E-state index contributed by atoms with van der Waals surface area (Å²) in [6.07, 6.45) is 3.05. The van der Waals surface area contributed by atoms with E-state index in [1.54, 1.807) is 12.3 Å². The summed E-state index contributed by atoms with van der Waals surface area (Å²) in [5.74, 6) is 0.481. The minimum absolute atomic E-state index is 0.0120. The number of ether oxygens (including phenoxy) is 1. The lowest BCUT2D eigenvalue weighted by Crippen LogP contribution is -2.27. The van der Waals surface area contributed by atoms with Crippen LogP contribution in [0.25, 0.3) is 10.9 Å². The van der Waals surface area contributed by atoms with Crippen molar-refractivity contribution in [1.82, 2.24) is 15.0 Å². The Morgan fingerprint density at radius 2 is 2.09 bits per heavy atom. The Labute approximate surface area is 193 Å². The van der Waals surface area contributed by atoms with Crippen molar-refractivity contribution in [3.05, 3.63) is 53.9 Å². The van der Waals surface area contributed by atoms with E-state index in [0.29, 0.717) is 30.3 Å². The lowest BCUT2D eigenvalue weighted by Gasteiger charge is -2.21. The molecule has 1 unspecified atom stereocenters. The Morgan fingerprint density at radius 1 is 1.27 bits per heavy atom. The fourth-order valence-electron chi connectivity index (χ4n) is 3.58. The number of nitrogens with zero attached hydrogens (tertiary/aromatic N) is 4. The number of nitrogens with two attached hydrogens (primary N) is 1. The summed E-state index contributed by atoms with van der Waals surface area (Å²) in [7, 11) is 1.90. The molecule has 9 heteroatoms. The van der Waals surface area contributed by atoms with Gasteiger partial charge in [0.2, 0.25) is 0 Å². The van der Waals surface area contributed by atoms with Gasteiger partial charge in [-0.15, -0.1) is 0 Å². The second-order valence-corrected chi connectivity index (χ2v) is 9.08. The number of anilines is 3. The number of benzene rings is 1. The molecule has 0 aliphatic carbocycles. The van der Waals surface area contributed by atoms with Gasteiger partial charge in [0.1, 0.15) is 5.60 Å². The number of likely N-dealkylation sites (N-methyl/N-ethyl adjacent to an activating group) is 1. The highest BCUT2D eigenvalue weighted by atomic mass is 16.6. The SMILES string of the molecule is CN1CC(c2cc(NC(=O)OC(C)(C)C)c(N)c(NCc3ccc4ncccc4c3)n2)C=N1. The molecule has 1 amide bonds. The maximum absolute atomic E-state index is 12.4. The van der Waals surface area contributed by atoms with E-state index >= 15 is 0 Å². The van der Waals surface area contributed by atoms with Gasteiger partial charge in [0.05, 0.1) is 28.5 Å². The van der Waals surface area contributed by atoms with Crippen LogP contribution in [-0.4, -0.2) is 46.5 Å². The summed E-state index contributed by atoms with van der Waals surface area (Å²) in [5.41, 5.74) is 9.32. The Balaban J connectivity index is 1.60. The van der Waals surface area contributed by atoms with Gasteiger partial charge in [-0.1, -0.05) is 12.1 Å². The van der Waals surface area contributed by atoms with Crippen LogP contribution in [-0.2, 0) is 11.3 Å². The molecule has 1 aliphatic rings. The van der Waals surface area contributed by atoms with Crippen LogP contribution in [0.2, 0.25) is 0 Å². The van der Waals surface area contributed by atoms with Crippen molar-refractivity contribution < 1.29 is 9.53 Å². The van der Waals surface area contributed by atoms with Gasteiger partial charge in [0, 0.05) is 37.9 Å². The quantitative estimate of drug-likeness (QED) is 0.537. The number of nitrogens with one attached hydrogen (secondary N) is 2. The number of aromatic nitrogens is 2. The third-order valence-corrected chi connectivity index (χ3v) is 5.13. The molecule has 9 nitrogen and oxygen atoms in total. The van der Waals surface area contributed by atoms with Crippen molar-refractivity contribution in [2.45, 2.75) is 38.8 Å². The Morgan fingerprint density at radius 3 is 2.82 bits per heavy atom. The molecule has 0 saturated carbocycles. The van der Waals surface area contributed by atoms with E-state index in [1.807, 2.05) is 63.3 Å². The van der Waals surface area contributed by atoms with Crippen LogP contribution < -0.4 is 16.4 Å². The second kappa shape index (κ2) is 8.93. The number of nitrogen functional groups attached to an aromatic ring is 1. The van der Waals surface area contributed by atoms with E-state index in [1.165, 1.54) is 0 Å². The van der Waals surface area contributed by atoms with Crippen LogP contribution in [0.3, 0.4) is 0 Å². The Bertz CT molecular complexity index is 1200. The molecule has 0 bridgehead atoms. The van der Waals surface area contributed by atoms with Gasteiger partial charge in [0.25, 0.3) is 0 Å². The van der Waals surface area contributed by atoms with Crippen molar-refractivity contribution in [1.29, 1.82) is 0 Å². The van der Waals surface area contributed by atoms with Gasteiger partial charge in [-0.3, -0.25) is 15.3 Å². The average molecular weight is 448 g/mol. The summed E-state index contributed by atoms with van der Waals surface area (Å²) < 4.78 is 5.40. The maximum atomic E-state index is 12.4. The molecule has 1 aromatic carbocycles. The molecule has 4 rings (SSSR count). The van der Waals surface area contributed by atoms with Crippen molar-refractivity contribution >= 4 is 40.4 Å². The number of pyridine rings is 2. The first kappa shape index (κ1) is 22.3. The highest BCUT2D eigenvalue weighted by molar-refractivity contribution is 5.92. The minimum Gasteiger partial charge on any atom is -0.444 e. The topological polar surface area (TPSA) is 118 Å². The second-order valence-electron chi connectivity index (χ2n) is 9.08. The van der Waals surface area contributed by atoms with Gasteiger partial charge in [0.15, 0.2) is 5.82 Å². The Kier molecular flexibility index (Phi) is 6.04. The van der Waals surface area contributed by atoms with Gasteiger partial charge in [-0.05, 0) is 50.6 Å². The molecule has 3 aromatic rings. The molecule has 1 aliphatic heterocycles. The van der Waals surface area contributed by atoms with Crippen LogP contribution in [0, 0.1) is 0 Å². The summed E-state index contributed by atoms with van der Waals surface area (Å²) >= 11 is 0. The smallest absolute Gasteiger partial charge is 0.412 e. The first-order valence-electron chi connectivity index (χ1n) is 10.8. The number of hydrogen-bond donors (Lipinski definition) is 3. The first-order chi connectivity index (χ1) is 15.7. The van der Waals surface area contributed by atoms with Gasteiger partial charge in [-0.25, -0.2) is 9.78 Å². The van der Waals surface area contributed by atoms with E-state index < -0.39 is 11.7 Å². The number of hydrazone groups is 1. The number of rotatable bonds is 5. The molecular weight excluding hydrogens is 418 g/mol.